The van der Waals surface area contributed by atoms with E-state index >= 15 is 0 Å². The summed E-state index contributed by atoms with van der Waals surface area (Å²) in [6.45, 7) is 6.50. The number of nitrogens with one attached hydrogen (secondary N) is 2. The Morgan fingerprint density at radius 1 is 1.24 bits per heavy atom. The van der Waals surface area contributed by atoms with Gasteiger partial charge in [0, 0.05) is 12.6 Å². The van der Waals surface area contributed by atoms with Crippen LogP contribution in [0, 0.1) is 5.92 Å². The molecule has 2 unspecified atom stereocenters. The van der Waals surface area contributed by atoms with Crippen molar-refractivity contribution in [1.82, 2.24) is 10.6 Å². The Morgan fingerprint density at radius 2 is 1.90 bits per heavy atom. The number of carbonyl (C=O) groups excluding carboxylic acids is 1. The first kappa shape index (κ1) is 17.5. The van der Waals surface area contributed by atoms with Crippen LogP contribution in [0.5, 0.6) is 0 Å². The fourth-order valence-electron chi connectivity index (χ4n) is 2.10. The van der Waals surface area contributed by atoms with Gasteiger partial charge in [0.15, 0.2) is 0 Å². The van der Waals surface area contributed by atoms with E-state index in [4.69, 9.17) is 0 Å². The maximum atomic E-state index is 11.9. The summed E-state index contributed by atoms with van der Waals surface area (Å²) in [6, 6.07) is 10.1. The van der Waals surface area contributed by atoms with Crippen molar-refractivity contribution in [2.75, 3.05) is 6.54 Å². The summed E-state index contributed by atoms with van der Waals surface area (Å²) >= 11 is 0. The Bertz CT molecular complexity index is 407. The molecule has 0 radical (unpaired) electrons. The van der Waals surface area contributed by atoms with Crippen molar-refractivity contribution >= 4 is 6.03 Å². The van der Waals surface area contributed by atoms with Gasteiger partial charge in [-0.3, -0.25) is 0 Å². The molecule has 0 spiro atoms. The van der Waals surface area contributed by atoms with Crippen molar-refractivity contribution in [2.24, 2.45) is 5.92 Å². The van der Waals surface area contributed by atoms with Crippen molar-refractivity contribution in [3.63, 3.8) is 0 Å². The Balaban J connectivity index is 2.31. The first-order chi connectivity index (χ1) is 10.0. The van der Waals surface area contributed by atoms with E-state index < -0.39 is 0 Å². The van der Waals surface area contributed by atoms with E-state index in [0.717, 1.165) is 12.8 Å². The zero-order valence-corrected chi connectivity index (χ0v) is 13.3. The number of hydrogen-bond donors (Lipinski definition) is 3. The predicted octanol–water partition coefficient (Wildman–Crippen LogP) is 2.71. The summed E-state index contributed by atoms with van der Waals surface area (Å²) in [5, 5.41) is 15.5. The highest BCUT2D eigenvalue weighted by atomic mass is 16.3. The lowest BCUT2D eigenvalue weighted by Gasteiger charge is -2.19. The number of aliphatic hydroxyl groups excluding tert-OH is 1. The molecule has 4 heteroatoms. The van der Waals surface area contributed by atoms with Gasteiger partial charge in [0.2, 0.25) is 0 Å². The third-order valence-corrected chi connectivity index (χ3v) is 3.65. The van der Waals surface area contributed by atoms with Crippen LogP contribution < -0.4 is 10.6 Å². The zero-order valence-electron chi connectivity index (χ0n) is 13.3. The van der Waals surface area contributed by atoms with Crippen LogP contribution in [0.3, 0.4) is 0 Å². The molecule has 0 bridgehead atoms. The van der Waals surface area contributed by atoms with E-state index in [9.17, 15) is 9.90 Å². The van der Waals surface area contributed by atoms with Crippen LogP contribution in [-0.4, -0.2) is 29.8 Å². The summed E-state index contributed by atoms with van der Waals surface area (Å²) in [5.74, 6) is 0.219. The van der Waals surface area contributed by atoms with E-state index in [2.05, 4.69) is 29.7 Å². The summed E-state index contributed by atoms with van der Waals surface area (Å²) in [6.07, 6.45) is 1.94. The van der Waals surface area contributed by atoms with Crippen LogP contribution in [0.15, 0.2) is 30.3 Å². The minimum atomic E-state index is -0.364. The lowest BCUT2D eigenvalue weighted by molar-refractivity contribution is 0.116. The largest absolute Gasteiger partial charge is 0.393 e. The molecule has 1 rings (SSSR count). The Morgan fingerprint density at radius 3 is 2.48 bits per heavy atom. The molecule has 0 aliphatic heterocycles. The number of hydrogen-bond acceptors (Lipinski definition) is 2. The standard InChI is InChI=1S/C17H28N2O2/c1-4-15(12-14-8-6-5-7-9-14)19-17(21)18-11-10-16(20)13(2)3/h5-9,13,15-16,20H,4,10-12H2,1-3H3,(H2,18,19,21). The number of amides is 2. The molecular weight excluding hydrogens is 264 g/mol. The predicted molar refractivity (Wildman–Crippen MR) is 86.2 cm³/mol. The minimum absolute atomic E-state index is 0.127. The van der Waals surface area contributed by atoms with Crippen LogP contribution in [0.2, 0.25) is 0 Å². The molecule has 2 atom stereocenters. The van der Waals surface area contributed by atoms with E-state index in [1.807, 2.05) is 32.0 Å². The van der Waals surface area contributed by atoms with Gasteiger partial charge < -0.3 is 15.7 Å². The van der Waals surface area contributed by atoms with Crippen LogP contribution >= 0.6 is 0 Å². The molecule has 4 nitrogen and oxygen atoms in total. The second kappa shape index (κ2) is 9.40. The van der Waals surface area contributed by atoms with E-state index in [1.165, 1.54) is 5.56 Å². The molecule has 0 saturated carbocycles. The Kier molecular flexibility index (Phi) is 7.83. The van der Waals surface area contributed by atoms with Crippen molar-refractivity contribution in [1.29, 1.82) is 0 Å². The molecule has 0 aliphatic carbocycles. The zero-order chi connectivity index (χ0) is 15.7. The molecule has 21 heavy (non-hydrogen) atoms. The van der Waals surface area contributed by atoms with Crippen LogP contribution in [0.25, 0.3) is 0 Å². The van der Waals surface area contributed by atoms with Gasteiger partial charge in [0.1, 0.15) is 0 Å². The smallest absolute Gasteiger partial charge is 0.315 e. The maximum absolute atomic E-state index is 11.9. The van der Waals surface area contributed by atoms with Gasteiger partial charge in [0.05, 0.1) is 6.10 Å². The average Bonchev–Trinajstić information content (AvgIpc) is 2.47. The molecule has 2 amide bonds. The summed E-state index contributed by atoms with van der Waals surface area (Å²) in [7, 11) is 0. The molecule has 0 heterocycles. The van der Waals surface area contributed by atoms with Gasteiger partial charge in [-0.05, 0) is 30.7 Å². The number of benzene rings is 1. The van der Waals surface area contributed by atoms with E-state index in [0.29, 0.717) is 13.0 Å². The van der Waals surface area contributed by atoms with Crippen molar-refractivity contribution in [3.05, 3.63) is 35.9 Å². The molecule has 118 valence electrons. The maximum Gasteiger partial charge on any atom is 0.315 e. The van der Waals surface area contributed by atoms with Gasteiger partial charge in [0.25, 0.3) is 0 Å². The van der Waals surface area contributed by atoms with Gasteiger partial charge in [-0.15, -0.1) is 0 Å². The molecular formula is C17H28N2O2. The monoisotopic (exact) mass is 292 g/mol. The minimum Gasteiger partial charge on any atom is -0.393 e. The fourth-order valence-corrected chi connectivity index (χ4v) is 2.10. The fraction of sp³-hybridized carbons (Fsp3) is 0.588. The topological polar surface area (TPSA) is 61.4 Å². The van der Waals surface area contributed by atoms with Crippen LogP contribution in [0.1, 0.15) is 39.2 Å². The third-order valence-electron chi connectivity index (χ3n) is 3.65. The van der Waals surface area contributed by atoms with Crippen LogP contribution in [0.4, 0.5) is 4.79 Å². The summed E-state index contributed by atoms with van der Waals surface area (Å²) < 4.78 is 0. The number of aliphatic hydroxyl groups is 1. The quantitative estimate of drug-likeness (QED) is 0.690. The molecule has 1 aromatic carbocycles. The Hall–Kier alpha value is -1.55. The molecule has 0 aliphatic rings. The van der Waals surface area contributed by atoms with Gasteiger partial charge in [-0.25, -0.2) is 4.79 Å². The van der Waals surface area contributed by atoms with E-state index in [1.54, 1.807) is 0 Å². The average molecular weight is 292 g/mol. The summed E-state index contributed by atoms with van der Waals surface area (Å²) in [5.41, 5.74) is 1.22. The van der Waals surface area contributed by atoms with Gasteiger partial charge in [-0.2, -0.15) is 0 Å². The highest BCUT2D eigenvalue weighted by Crippen LogP contribution is 2.06. The van der Waals surface area contributed by atoms with Gasteiger partial charge >= 0.3 is 6.03 Å². The second-order valence-electron chi connectivity index (χ2n) is 5.80. The molecule has 1 aromatic rings. The summed E-state index contributed by atoms with van der Waals surface area (Å²) in [4.78, 5) is 11.9. The molecule has 0 saturated heterocycles. The number of urea groups is 1. The highest BCUT2D eigenvalue weighted by Gasteiger charge is 2.12. The third kappa shape index (κ3) is 7.14. The van der Waals surface area contributed by atoms with Crippen molar-refractivity contribution < 1.29 is 9.90 Å². The van der Waals surface area contributed by atoms with Crippen molar-refractivity contribution in [2.45, 2.75) is 52.2 Å². The van der Waals surface area contributed by atoms with Crippen LogP contribution in [-0.2, 0) is 6.42 Å². The highest BCUT2D eigenvalue weighted by molar-refractivity contribution is 5.74. The lowest BCUT2D eigenvalue weighted by Crippen LogP contribution is -2.43. The lowest BCUT2D eigenvalue weighted by atomic mass is 10.0. The Labute approximate surface area is 128 Å². The molecule has 0 aromatic heterocycles. The van der Waals surface area contributed by atoms with Gasteiger partial charge in [-0.1, -0.05) is 51.1 Å². The van der Waals surface area contributed by atoms with Crippen molar-refractivity contribution in [3.8, 4) is 0 Å². The first-order valence-electron chi connectivity index (χ1n) is 7.79. The number of carbonyl (C=O) groups is 1. The number of rotatable bonds is 8. The normalized spacial score (nSPS) is 13.8. The SMILES string of the molecule is CCC(Cc1ccccc1)NC(=O)NCCC(O)C(C)C. The second-order valence-corrected chi connectivity index (χ2v) is 5.80. The molecule has 3 N–H and O–H groups in total. The first-order valence-corrected chi connectivity index (χ1v) is 7.79. The molecule has 0 fully saturated rings. The van der Waals surface area contributed by atoms with E-state index in [-0.39, 0.29) is 24.1 Å².